The van der Waals surface area contributed by atoms with Gasteiger partial charge in [-0.25, -0.2) is 8.42 Å². The van der Waals surface area contributed by atoms with Gasteiger partial charge >= 0.3 is 0 Å². The molecule has 0 unspecified atom stereocenters. The molecule has 1 aromatic carbocycles. The summed E-state index contributed by atoms with van der Waals surface area (Å²) >= 11 is 6.01. The van der Waals surface area contributed by atoms with E-state index in [9.17, 15) is 13.2 Å². The number of carbonyl (C=O) groups is 1. The summed E-state index contributed by atoms with van der Waals surface area (Å²) in [6.45, 7) is 8.10. The fourth-order valence-electron chi connectivity index (χ4n) is 2.03. The quantitative estimate of drug-likeness (QED) is 0.780. The van der Waals surface area contributed by atoms with Gasteiger partial charge in [-0.05, 0) is 30.0 Å². The molecule has 0 atom stereocenters. The standard InChI is InChI=1S/C14H19Cl2NO3S/c1-9-11(15)6-10(7-12(9)21(16,19)20)13(18)17(5)8-14(2,3)4/h6-7H,8H2,1-5H3. The van der Waals surface area contributed by atoms with Gasteiger partial charge in [0.25, 0.3) is 15.0 Å². The third-order valence-corrected chi connectivity index (χ3v) is 4.71. The molecule has 1 aromatic rings. The van der Waals surface area contributed by atoms with E-state index >= 15 is 0 Å². The normalized spacial score (nSPS) is 12.3. The summed E-state index contributed by atoms with van der Waals surface area (Å²) in [5.41, 5.74) is 0.471. The van der Waals surface area contributed by atoms with E-state index in [0.717, 1.165) is 0 Å². The lowest BCUT2D eigenvalue weighted by Gasteiger charge is -2.27. The van der Waals surface area contributed by atoms with Gasteiger partial charge in [-0.1, -0.05) is 32.4 Å². The fourth-order valence-corrected chi connectivity index (χ4v) is 3.53. The van der Waals surface area contributed by atoms with Crippen LogP contribution >= 0.6 is 22.3 Å². The summed E-state index contributed by atoms with van der Waals surface area (Å²) in [6, 6.07) is 2.73. The van der Waals surface area contributed by atoms with Crippen molar-refractivity contribution >= 4 is 37.2 Å². The molecule has 118 valence electrons. The zero-order chi connectivity index (χ0) is 16.6. The van der Waals surface area contributed by atoms with E-state index in [2.05, 4.69) is 0 Å². The molecule has 0 aliphatic heterocycles. The van der Waals surface area contributed by atoms with Crippen LogP contribution in [0, 0.1) is 12.3 Å². The van der Waals surface area contributed by atoms with Crippen LogP contribution in [0.25, 0.3) is 0 Å². The number of benzene rings is 1. The fraction of sp³-hybridized carbons (Fsp3) is 0.500. The molecule has 0 aromatic heterocycles. The first-order valence-electron chi connectivity index (χ1n) is 6.33. The van der Waals surface area contributed by atoms with Crippen LogP contribution in [-0.4, -0.2) is 32.8 Å². The zero-order valence-corrected chi connectivity index (χ0v) is 15.0. The lowest BCUT2D eigenvalue weighted by molar-refractivity contribution is 0.0745. The molecule has 21 heavy (non-hydrogen) atoms. The lowest BCUT2D eigenvalue weighted by atomic mass is 9.96. The van der Waals surface area contributed by atoms with Gasteiger partial charge in [-0.15, -0.1) is 0 Å². The number of halogens is 2. The molecule has 0 saturated carbocycles. The van der Waals surface area contributed by atoms with Crippen LogP contribution in [-0.2, 0) is 9.05 Å². The number of nitrogens with zero attached hydrogens (tertiary/aromatic N) is 1. The average molecular weight is 352 g/mol. The molecule has 7 heteroatoms. The van der Waals surface area contributed by atoms with Gasteiger partial charge in [0.1, 0.15) is 0 Å². The lowest BCUT2D eigenvalue weighted by Crippen LogP contribution is -2.34. The highest BCUT2D eigenvalue weighted by Gasteiger charge is 2.23. The number of hydrogen-bond donors (Lipinski definition) is 0. The molecule has 1 rings (SSSR count). The number of hydrogen-bond acceptors (Lipinski definition) is 3. The third kappa shape index (κ3) is 4.87. The minimum absolute atomic E-state index is 0.0692. The van der Waals surface area contributed by atoms with Gasteiger partial charge < -0.3 is 4.90 Å². The molecule has 0 saturated heterocycles. The van der Waals surface area contributed by atoms with Crippen molar-refractivity contribution in [1.29, 1.82) is 0 Å². The van der Waals surface area contributed by atoms with Crippen LogP contribution in [0.15, 0.2) is 17.0 Å². The molecule has 0 N–H and O–H groups in total. The summed E-state index contributed by atoms with van der Waals surface area (Å²) in [6.07, 6.45) is 0. The molecule has 0 aliphatic carbocycles. The first-order valence-corrected chi connectivity index (χ1v) is 9.02. The molecular formula is C14H19Cl2NO3S. The van der Waals surface area contributed by atoms with Gasteiger partial charge in [-0.2, -0.15) is 0 Å². The van der Waals surface area contributed by atoms with Gasteiger partial charge in [-0.3, -0.25) is 4.79 Å². The Bertz CT molecular complexity index is 664. The van der Waals surface area contributed by atoms with Crippen molar-refractivity contribution in [3.63, 3.8) is 0 Å². The predicted octanol–water partition coefficient (Wildman–Crippen LogP) is 3.69. The minimum atomic E-state index is -3.96. The van der Waals surface area contributed by atoms with E-state index in [-0.39, 0.29) is 26.8 Å². The zero-order valence-electron chi connectivity index (χ0n) is 12.7. The highest BCUT2D eigenvalue weighted by Crippen LogP contribution is 2.28. The number of rotatable bonds is 3. The van der Waals surface area contributed by atoms with E-state index in [1.54, 1.807) is 14.0 Å². The summed E-state index contributed by atoms with van der Waals surface area (Å²) in [5, 5.41) is 0.198. The first-order chi connectivity index (χ1) is 9.33. The largest absolute Gasteiger partial charge is 0.341 e. The Kier molecular flexibility index (Phi) is 5.35. The van der Waals surface area contributed by atoms with E-state index < -0.39 is 9.05 Å². The second-order valence-electron chi connectivity index (χ2n) is 6.24. The third-order valence-electron chi connectivity index (χ3n) is 2.86. The van der Waals surface area contributed by atoms with Crippen LogP contribution < -0.4 is 0 Å². The predicted molar refractivity (Wildman–Crippen MR) is 85.6 cm³/mol. The molecule has 0 fully saturated rings. The maximum absolute atomic E-state index is 12.4. The van der Waals surface area contributed by atoms with Gasteiger partial charge in [0.15, 0.2) is 0 Å². The Hall–Kier alpha value is -0.780. The summed E-state index contributed by atoms with van der Waals surface area (Å²) in [4.78, 5) is 13.8. The van der Waals surface area contributed by atoms with Crippen molar-refractivity contribution in [2.24, 2.45) is 5.41 Å². The summed E-state index contributed by atoms with van der Waals surface area (Å²) in [7, 11) is 3.09. The number of amides is 1. The van der Waals surface area contributed by atoms with Crippen LogP contribution in [0.1, 0.15) is 36.7 Å². The molecule has 0 spiro atoms. The smallest absolute Gasteiger partial charge is 0.261 e. The van der Waals surface area contributed by atoms with Crippen LogP contribution in [0.4, 0.5) is 0 Å². The van der Waals surface area contributed by atoms with Gasteiger partial charge in [0.2, 0.25) is 0 Å². The summed E-state index contributed by atoms with van der Waals surface area (Å²) < 4.78 is 23.1. The molecular weight excluding hydrogens is 333 g/mol. The molecule has 0 radical (unpaired) electrons. The number of carbonyl (C=O) groups excluding carboxylic acids is 1. The highest BCUT2D eigenvalue weighted by molar-refractivity contribution is 8.13. The molecule has 0 heterocycles. The van der Waals surface area contributed by atoms with Gasteiger partial charge in [0, 0.05) is 34.9 Å². The second-order valence-corrected chi connectivity index (χ2v) is 9.18. The van der Waals surface area contributed by atoms with E-state index in [1.807, 2.05) is 20.8 Å². The average Bonchev–Trinajstić information content (AvgIpc) is 2.27. The van der Waals surface area contributed by atoms with Gasteiger partial charge in [0.05, 0.1) is 4.90 Å². The van der Waals surface area contributed by atoms with E-state index in [0.29, 0.717) is 12.1 Å². The SMILES string of the molecule is Cc1c(Cl)cc(C(=O)N(C)CC(C)(C)C)cc1S(=O)(=O)Cl. The van der Waals surface area contributed by atoms with E-state index in [1.165, 1.54) is 17.0 Å². The molecule has 4 nitrogen and oxygen atoms in total. The highest BCUT2D eigenvalue weighted by atomic mass is 35.7. The van der Waals surface area contributed by atoms with Crippen LogP contribution in [0.3, 0.4) is 0 Å². The maximum atomic E-state index is 12.4. The first kappa shape index (κ1) is 18.3. The van der Waals surface area contributed by atoms with E-state index in [4.69, 9.17) is 22.3 Å². The topological polar surface area (TPSA) is 54.5 Å². The Morgan fingerprint density at radius 1 is 1.29 bits per heavy atom. The van der Waals surface area contributed by atoms with Crippen molar-refractivity contribution in [1.82, 2.24) is 4.90 Å². The van der Waals surface area contributed by atoms with Crippen molar-refractivity contribution in [3.8, 4) is 0 Å². The van der Waals surface area contributed by atoms with Crippen molar-refractivity contribution in [2.45, 2.75) is 32.6 Å². The van der Waals surface area contributed by atoms with Crippen LogP contribution in [0.2, 0.25) is 5.02 Å². The minimum Gasteiger partial charge on any atom is -0.341 e. The second kappa shape index (κ2) is 6.15. The Morgan fingerprint density at radius 2 is 1.81 bits per heavy atom. The monoisotopic (exact) mass is 351 g/mol. The molecule has 0 bridgehead atoms. The van der Waals surface area contributed by atoms with Crippen LogP contribution in [0.5, 0.6) is 0 Å². The Morgan fingerprint density at radius 3 is 2.24 bits per heavy atom. The Balaban J connectivity index is 3.27. The molecule has 1 amide bonds. The Labute approximate surface area is 135 Å². The van der Waals surface area contributed by atoms with Crippen molar-refractivity contribution < 1.29 is 13.2 Å². The van der Waals surface area contributed by atoms with Crippen molar-refractivity contribution in [2.75, 3.05) is 13.6 Å². The van der Waals surface area contributed by atoms with Crippen molar-refractivity contribution in [3.05, 3.63) is 28.3 Å². The molecule has 0 aliphatic rings. The maximum Gasteiger partial charge on any atom is 0.261 e. The summed E-state index contributed by atoms with van der Waals surface area (Å²) in [5.74, 6) is -0.298.